The first-order chi connectivity index (χ1) is 5.75. The Hall–Kier alpha value is -1.01. The number of aromatic nitrogens is 1. The van der Waals surface area contributed by atoms with Gasteiger partial charge in [0.2, 0.25) is 0 Å². The summed E-state index contributed by atoms with van der Waals surface area (Å²) >= 11 is 3.30. The zero-order valence-electron chi connectivity index (χ0n) is 6.67. The molecule has 0 atom stereocenters. The standard InChI is InChI=1S/C9H8BrNO/c1-3-6-12-8-4-5-11-9(10)7(8)2/h1,4-5H,6H2,2H3. The molecule has 0 amide bonds. The van der Waals surface area contributed by atoms with Gasteiger partial charge in [0.1, 0.15) is 17.0 Å². The molecule has 0 spiro atoms. The van der Waals surface area contributed by atoms with E-state index in [1.54, 1.807) is 12.3 Å². The SMILES string of the molecule is C#CCOc1ccnc(Br)c1C. The Balaban J connectivity index is 2.86. The summed E-state index contributed by atoms with van der Waals surface area (Å²) in [6.07, 6.45) is 6.73. The first-order valence-electron chi connectivity index (χ1n) is 3.43. The average molecular weight is 226 g/mol. The zero-order chi connectivity index (χ0) is 8.97. The molecule has 1 rings (SSSR count). The summed E-state index contributed by atoms with van der Waals surface area (Å²) in [6.45, 7) is 2.21. The second-order valence-electron chi connectivity index (χ2n) is 2.22. The summed E-state index contributed by atoms with van der Waals surface area (Å²) in [5, 5.41) is 0. The molecule has 0 saturated carbocycles. The van der Waals surface area contributed by atoms with Crippen molar-refractivity contribution in [3.63, 3.8) is 0 Å². The first-order valence-corrected chi connectivity index (χ1v) is 4.22. The highest BCUT2D eigenvalue weighted by Crippen LogP contribution is 2.22. The monoisotopic (exact) mass is 225 g/mol. The molecule has 1 heterocycles. The van der Waals surface area contributed by atoms with Crippen LogP contribution in [0.4, 0.5) is 0 Å². The molecule has 0 unspecified atom stereocenters. The number of hydrogen-bond donors (Lipinski definition) is 0. The summed E-state index contributed by atoms with van der Waals surface area (Å²) in [6, 6.07) is 1.79. The van der Waals surface area contributed by atoms with Crippen molar-refractivity contribution in [2.45, 2.75) is 6.92 Å². The van der Waals surface area contributed by atoms with E-state index < -0.39 is 0 Å². The van der Waals surface area contributed by atoms with E-state index in [4.69, 9.17) is 11.2 Å². The van der Waals surface area contributed by atoms with Crippen LogP contribution in [-0.4, -0.2) is 11.6 Å². The van der Waals surface area contributed by atoms with Crippen molar-refractivity contribution in [2.24, 2.45) is 0 Å². The quantitative estimate of drug-likeness (QED) is 0.569. The topological polar surface area (TPSA) is 22.1 Å². The van der Waals surface area contributed by atoms with Gasteiger partial charge in [-0.15, -0.1) is 6.42 Å². The number of hydrogen-bond acceptors (Lipinski definition) is 2. The van der Waals surface area contributed by atoms with Gasteiger partial charge >= 0.3 is 0 Å². The van der Waals surface area contributed by atoms with Crippen molar-refractivity contribution >= 4 is 15.9 Å². The van der Waals surface area contributed by atoms with E-state index in [9.17, 15) is 0 Å². The van der Waals surface area contributed by atoms with Gasteiger partial charge in [0.05, 0.1) is 0 Å². The Labute approximate surface area is 80.1 Å². The first kappa shape index (κ1) is 9.08. The molecule has 0 aliphatic rings. The number of rotatable bonds is 2. The molecule has 0 radical (unpaired) electrons. The van der Waals surface area contributed by atoms with Gasteiger partial charge < -0.3 is 4.74 Å². The van der Waals surface area contributed by atoms with E-state index in [2.05, 4.69) is 26.8 Å². The van der Waals surface area contributed by atoms with Crippen molar-refractivity contribution in [3.05, 3.63) is 22.4 Å². The van der Waals surface area contributed by atoms with Crippen molar-refractivity contribution in [1.29, 1.82) is 0 Å². The molecule has 1 aromatic heterocycles. The predicted octanol–water partition coefficient (Wildman–Crippen LogP) is 2.16. The minimum Gasteiger partial charge on any atom is -0.481 e. The minimum atomic E-state index is 0.289. The van der Waals surface area contributed by atoms with Gasteiger partial charge in [-0.25, -0.2) is 4.98 Å². The molecule has 62 valence electrons. The number of halogens is 1. The number of nitrogens with zero attached hydrogens (tertiary/aromatic N) is 1. The highest BCUT2D eigenvalue weighted by Gasteiger charge is 2.01. The van der Waals surface area contributed by atoms with Crippen molar-refractivity contribution < 1.29 is 4.74 Å². The summed E-state index contributed by atoms with van der Waals surface area (Å²) in [7, 11) is 0. The average Bonchev–Trinajstić information content (AvgIpc) is 2.08. The van der Waals surface area contributed by atoms with Crippen LogP contribution >= 0.6 is 15.9 Å². The Kier molecular flexibility index (Phi) is 3.12. The molecule has 0 aliphatic heterocycles. The summed E-state index contributed by atoms with van der Waals surface area (Å²) in [4.78, 5) is 4.03. The summed E-state index contributed by atoms with van der Waals surface area (Å²) in [5.41, 5.74) is 0.966. The lowest BCUT2D eigenvalue weighted by atomic mass is 10.3. The highest BCUT2D eigenvalue weighted by atomic mass is 79.9. The lowest BCUT2D eigenvalue weighted by Gasteiger charge is -2.05. The maximum atomic E-state index is 5.26. The fourth-order valence-electron chi connectivity index (χ4n) is 0.770. The van der Waals surface area contributed by atoms with E-state index in [-0.39, 0.29) is 6.61 Å². The molecule has 1 aromatic rings. The van der Waals surface area contributed by atoms with Crippen molar-refractivity contribution in [3.8, 4) is 18.1 Å². The fourth-order valence-corrected chi connectivity index (χ4v) is 1.08. The molecular formula is C9H8BrNO. The zero-order valence-corrected chi connectivity index (χ0v) is 8.26. The lowest BCUT2D eigenvalue weighted by molar-refractivity contribution is 0.367. The van der Waals surface area contributed by atoms with Crippen LogP contribution < -0.4 is 4.74 Å². The third-order valence-corrected chi connectivity index (χ3v) is 2.20. The maximum absolute atomic E-state index is 5.26. The van der Waals surface area contributed by atoms with E-state index in [0.29, 0.717) is 0 Å². The molecular weight excluding hydrogens is 218 g/mol. The smallest absolute Gasteiger partial charge is 0.148 e. The van der Waals surface area contributed by atoms with E-state index in [0.717, 1.165) is 15.9 Å². The van der Waals surface area contributed by atoms with E-state index in [1.165, 1.54) is 0 Å². The normalized spacial score (nSPS) is 9.08. The number of terminal acetylenes is 1. The second kappa shape index (κ2) is 4.13. The van der Waals surface area contributed by atoms with Crippen LogP contribution in [0.1, 0.15) is 5.56 Å². The molecule has 0 fully saturated rings. The summed E-state index contributed by atoms with van der Waals surface area (Å²) < 4.78 is 6.05. The second-order valence-corrected chi connectivity index (χ2v) is 2.97. The number of pyridine rings is 1. The Morgan fingerprint density at radius 3 is 3.17 bits per heavy atom. The molecule has 0 bridgehead atoms. The Morgan fingerprint density at radius 2 is 2.50 bits per heavy atom. The predicted molar refractivity (Wildman–Crippen MR) is 51.0 cm³/mol. The van der Waals surface area contributed by atoms with Crippen LogP contribution in [0.3, 0.4) is 0 Å². The van der Waals surface area contributed by atoms with Crippen LogP contribution in [0.5, 0.6) is 5.75 Å². The third-order valence-electron chi connectivity index (χ3n) is 1.40. The molecule has 12 heavy (non-hydrogen) atoms. The minimum absolute atomic E-state index is 0.289. The Morgan fingerprint density at radius 1 is 1.75 bits per heavy atom. The van der Waals surface area contributed by atoms with Crippen molar-refractivity contribution in [2.75, 3.05) is 6.61 Å². The van der Waals surface area contributed by atoms with Gasteiger partial charge in [0, 0.05) is 11.8 Å². The summed E-state index contributed by atoms with van der Waals surface area (Å²) in [5.74, 6) is 3.18. The van der Waals surface area contributed by atoms with Gasteiger partial charge in [-0.05, 0) is 28.9 Å². The molecule has 0 aliphatic carbocycles. The number of ether oxygens (including phenoxy) is 1. The molecule has 2 nitrogen and oxygen atoms in total. The van der Waals surface area contributed by atoms with Gasteiger partial charge in [-0.1, -0.05) is 5.92 Å². The highest BCUT2D eigenvalue weighted by molar-refractivity contribution is 9.10. The van der Waals surface area contributed by atoms with E-state index in [1.807, 2.05) is 6.92 Å². The largest absolute Gasteiger partial charge is 0.481 e. The lowest BCUT2D eigenvalue weighted by Crippen LogP contribution is -1.96. The van der Waals surface area contributed by atoms with Gasteiger partial charge in [-0.2, -0.15) is 0 Å². The maximum Gasteiger partial charge on any atom is 0.148 e. The van der Waals surface area contributed by atoms with Crippen LogP contribution in [-0.2, 0) is 0 Å². The molecule has 3 heteroatoms. The van der Waals surface area contributed by atoms with Crippen LogP contribution in [0.25, 0.3) is 0 Å². The molecule has 0 aromatic carbocycles. The fraction of sp³-hybridized carbons (Fsp3) is 0.222. The van der Waals surface area contributed by atoms with Crippen LogP contribution in [0.2, 0.25) is 0 Å². The molecule has 0 N–H and O–H groups in total. The van der Waals surface area contributed by atoms with Gasteiger partial charge in [-0.3, -0.25) is 0 Å². The van der Waals surface area contributed by atoms with Gasteiger partial charge in [0.25, 0.3) is 0 Å². The van der Waals surface area contributed by atoms with E-state index >= 15 is 0 Å². The third kappa shape index (κ3) is 1.99. The molecule has 0 saturated heterocycles. The van der Waals surface area contributed by atoms with Gasteiger partial charge in [0.15, 0.2) is 0 Å². The Bertz CT molecular complexity index is 317. The van der Waals surface area contributed by atoms with Crippen LogP contribution in [0, 0.1) is 19.3 Å². The van der Waals surface area contributed by atoms with Crippen LogP contribution in [0.15, 0.2) is 16.9 Å². The van der Waals surface area contributed by atoms with Crippen molar-refractivity contribution in [1.82, 2.24) is 4.98 Å².